The second-order valence-corrected chi connectivity index (χ2v) is 9.85. The van der Waals surface area contributed by atoms with Crippen LogP contribution in [0.4, 0.5) is 0 Å². The summed E-state index contributed by atoms with van der Waals surface area (Å²) in [6.45, 7) is 9.16. The summed E-state index contributed by atoms with van der Waals surface area (Å²) in [5.74, 6) is 1.47. The topological polar surface area (TPSA) is 18.5 Å². The molecule has 138 valence electrons. The first-order valence-electron chi connectivity index (χ1n) is 10.7. The van der Waals surface area contributed by atoms with E-state index in [1.54, 1.807) is 16.7 Å². The van der Waals surface area contributed by atoms with Crippen molar-refractivity contribution in [1.29, 1.82) is 0 Å². The van der Waals surface area contributed by atoms with Gasteiger partial charge in [-0.2, -0.15) is 0 Å². The van der Waals surface area contributed by atoms with Crippen molar-refractivity contribution < 1.29 is 9.47 Å². The molecule has 0 radical (unpaired) electrons. The minimum absolute atomic E-state index is 0.260. The molecule has 2 heteroatoms. The lowest BCUT2D eigenvalue weighted by molar-refractivity contribution is -0.164. The van der Waals surface area contributed by atoms with Gasteiger partial charge in [0, 0.05) is 12.8 Å². The SMILES string of the molecule is CC[C@@]1(C)CC[C@H]2[C@@H]3CCC4=C(CCC5(C4)OCCO5)C3=CC[C@@]21C. The van der Waals surface area contributed by atoms with Gasteiger partial charge in [-0.1, -0.05) is 38.8 Å². The van der Waals surface area contributed by atoms with Crippen LogP contribution in [-0.2, 0) is 9.47 Å². The smallest absolute Gasteiger partial charge is 0.172 e. The predicted octanol–water partition coefficient (Wildman–Crippen LogP) is 5.78. The van der Waals surface area contributed by atoms with Crippen molar-refractivity contribution in [3.05, 3.63) is 22.8 Å². The van der Waals surface area contributed by atoms with Crippen LogP contribution in [-0.4, -0.2) is 19.0 Å². The lowest BCUT2D eigenvalue weighted by Gasteiger charge is -2.52. The zero-order chi connectivity index (χ0) is 17.3. The summed E-state index contributed by atoms with van der Waals surface area (Å²) in [6, 6.07) is 0. The zero-order valence-electron chi connectivity index (χ0n) is 16.3. The lowest BCUT2D eigenvalue weighted by atomic mass is 9.53. The van der Waals surface area contributed by atoms with Gasteiger partial charge >= 0.3 is 0 Å². The Labute approximate surface area is 153 Å². The maximum absolute atomic E-state index is 6.02. The Balaban J connectivity index is 1.48. The summed E-state index contributed by atoms with van der Waals surface area (Å²) in [7, 11) is 0. The fourth-order valence-corrected chi connectivity index (χ4v) is 7.22. The Morgan fingerprint density at radius 1 is 1.08 bits per heavy atom. The summed E-state index contributed by atoms with van der Waals surface area (Å²) in [4.78, 5) is 0. The van der Waals surface area contributed by atoms with Gasteiger partial charge in [-0.3, -0.25) is 0 Å². The minimum atomic E-state index is -0.260. The van der Waals surface area contributed by atoms with Crippen LogP contribution in [0.25, 0.3) is 0 Å². The van der Waals surface area contributed by atoms with E-state index >= 15 is 0 Å². The van der Waals surface area contributed by atoms with Crippen molar-refractivity contribution in [2.24, 2.45) is 22.7 Å². The van der Waals surface area contributed by atoms with Gasteiger partial charge in [0.15, 0.2) is 5.79 Å². The van der Waals surface area contributed by atoms with Gasteiger partial charge in [-0.25, -0.2) is 0 Å². The maximum Gasteiger partial charge on any atom is 0.172 e. The van der Waals surface area contributed by atoms with Crippen LogP contribution >= 0.6 is 0 Å². The highest BCUT2D eigenvalue weighted by Crippen LogP contribution is 2.67. The average molecular weight is 343 g/mol. The molecular weight excluding hydrogens is 308 g/mol. The number of ether oxygens (including phenoxy) is 2. The fraction of sp³-hybridized carbons (Fsp3) is 0.826. The van der Waals surface area contributed by atoms with Gasteiger partial charge in [-0.05, 0) is 72.3 Å². The van der Waals surface area contributed by atoms with Crippen molar-refractivity contribution >= 4 is 0 Å². The van der Waals surface area contributed by atoms with Crippen LogP contribution in [0.5, 0.6) is 0 Å². The van der Waals surface area contributed by atoms with E-state index in [0.29, 0.717) is 10.8 Å². The van der Waals surface area contributed by atoms with E-state index in [9.17, 15) is 0 Å². The van der Waals surface area contributed by atoms with Gasteiger partial charge in [0.1, 0.15) is 0 Å². The fourth-order valence-electron chi connectivity index (χ4n) is 7.22. The summed E-state index contributed by atoms with van der Waals surface area (Å²) in [5, 5.41) is 0. The molecule has 0 N–H and O–H groups in total. The molecule has 2 nitrogen and oxygen atoms in total. The molecule has 4 aliphatic carbocycles. The van der Waals surface area contributed by atoms with E-state index < -0.39 is 0 Å². The summed E-state index contributed by atoms with van der Waals surface area (Å²) < 4.78 is 12.0. The van der Waals surface area contributed by atoms with Crippen LogP contribution in [0.15, 0.2) is 22.8 Å². The lowest BCUT2D eigenvalue weighted by Crippen LogP contribution is -2.44. The second kappa shape index (κ2) is 5.45. The summed E-state index contributed by atoms with van der Waals surface area (Å²) in [6.07, 6.45) is 14.1. The molecule has 0 aromatic rings. The largest absolute Gasteiger partial charge is 0.347 e. The van der Waals surface area contributed by atoms with E-state index in [1.165, 1.54) is 44.9 Å². The minimum Gasteiger partial charge on any atom is -0.347 e. The van der Waals surface area contributed by atoms with Crippen molar-refractivity contribution in [2.75, 3.05) is 13.2 Å². The van der Waals surface area contributed by atoms with Crippen molar-refractivity contribution in [1.82, 2.24) is 0 Å². The highest BCUT2D eigenvalue weighted by Gasteiger charge is 2.57. The third kappa shape index (κ3) is 2.16. The van der Waals surface area contributed by atoms with Crippen molar-refractivity contribution in [2.45, 2.75) is 84.3 Å². The molecule has 0 amide bonds. The molecule has 5 rings (SSSR count). The van der Waals surface area contributed by atoms with E-state index in [2.05, 4.69) is 26.8 Å². The zero-order valence-corrected chi connectivity index (χ0v) is 16.3. The summed E-state index contributed by atoms with van der Waals surface area (Å²) >= 11 is 0. The molecule has 1 spiro atoms. The maximum atomic E-state index is 6.02. The first-order valence-corrected chi connectivity index (χ1v) is 10.7. The molecule has 1 saturated carbocycles. The molecule has 0 aromatic carbocycles. The Morgan fingerprint density at radius 3 is 2.64 bits per heavy atom. The Bertz CT molecular complexity index is 638. The van der Waals surface area contributed by atoms with E-state index in [0.717, 1.165) is 37.9 Å². The van der Waals surface area contributed by atoms with E-state index in [-0.39, 0.29) is 5.79 Å². The molecule has 4 atom stereocenters. The number of hydrogen-bond acceptors (Lipinski definition) is 2. The van der Waals surface area contributed by atoms with Crippen LogP contribution in [0.3, 0.4) is 0 Å². The molecule has 1 aliphatic heterocycles. The first kappa shape index (κ1) is 16.6. The van der Waals surface area contributed by atoms with Gasteiger partial charge in [-0.15, -0.1) is 0 Å². The Kier molecular flexibility index (Phi) is 3.61. The third-order valence-electron chi connectivity index (χ3n) is 9.20. The third-order valence-corrected chi connectivity index (χ3v) is 9.20. The number of fused-ring (bicyclic) bond motifs is 4. The normalized spacial score (nSPS) is 45.2. The van der Waals surface area contributed by atoms with E-state index in [1.807, 2.05) is 0 Å². The average Bonchev–Trinajstić information content (AvgIpc) is 3.18. The number of hydrogen-bond donors (Lipinski definition) is 0. The first-order chi connectivity index (χ1) is 12.0. The van der Waals surface area contributed by atoms with Gasteiger partial charge in [0.2, 0.25) is 0 Å². The second-order valence-electron chi connectivity index (χ2n) is 9.85. The molecule has 2 fully saturated rings. The van der Waals surface area contributed by atoms with Crippen molar-refractivity contribution in [3.8, 4) is 0 Å². The number of rotatable bonds is 1. The molecule has 0 bridgehead atoms. The van der Waals surface area contributed by atoms with Crippen LogP contribution in [0, 0.1) is 22.7 Å². The Hall–Kier alpha value is -0.600. The predicted molar refractivity (Wildman–Crippen MR) is 100 cm³/mol. The Morgan fingerprint density at radius 2 is 1.88 bits per heavy atom. The quantitative estimate of drug-likeness (QED) is 0.601. The van der Waals surface area contributed by atoms with Crippen LogP contribution < -0.4 is 0 Å². The standard InChI is InChI=1S/C23H34O2/c1-4-21(2)10-9-20-19-6-5-16-15-23(24-13-14-25-23)12-8-17(16)18(19)7-11-22(20,21)3/h7,19-20H,4-6,8-15H2,1-3H3/t19-,20+,21+,22+/m1/s1. The van der Waals surface area contributed by atoms with Crippen LogP contribution in [0.2, 0.25) is 0 Å². The molecule has 1 saturated heterocycles. The molecular formula is C23H34O2. The van der Waals surface area contributed by atoms with Gasteiger partial charge < -0.3 is 9.47 Å². The van der Waals surface area contributed by atoms with Gasteiger partial charge in [0.05, 0.1) is 13.2 Å². The molecule has 1 heterocycles. The van der Waals surface area contributed by atoms with E-state index in [4.69, 9.17) is 9.47 Å². The molecule has 0 aromatic heterocycles. The monoisotopic (exact) mass is 342 g/mol. The van der Waals surface area contributed by atoms with Crippen LogP contribution in [0.1, 0.15) is 78.6 Å². The molecule has 5 aliphatic rings. The molecule has 0 unspecified atom stereocenters. The molecule has 25 heavy (non-hydrogen) atoms. The number of allylic oxidation sites excluding steroid dienone is 3. The highest BCUT2D eigenvalue weighted by atomic mass is 16.7. The van der Waals surface area contributed by atoms with Crippen molar-refractivity contribution in [3.63, 3.8) is 0 Å². The summed E-state index contributed by atoms with van der Waals surface area (Å²) in [5.41, 5.74) is 6.18. The van der Waals surface area contributed by atoms with Gasteiger partial charge in [0.25, 0.3) is 0 Å². The highest BCUT2D eigenvalue weighted by molar-refractivity contribution is 5.44.